The number of benzene rings is 1. The second-order valence-corrected chi connectivity index (χ2v) is 9.74. The predicted octanol–water partition coefficient (Wildman–Crippen LogP) is -0.518. The Morgan fingerprint density at radius 2 is 1.79 bits per heavy atom. The van der Waals surface area contributed by atoms with E-state index in [-0.39, 0.29) is 24.8 Å². The lowest BCUT2D eigenvalue weighted by Crippen LogP contribution is -2.43. The lowest BCUT2D eigenvalue weighted by molar-refractivity contribution is -0.138. The summed E-state index contributed by atoms with van der Waals surface area (Å²) >= 11 is 0. The third kappa shape index (κ3) is 6.62. The molecule has 1 aromatic carbocycles. The minimum absolute atomic E-state index is 0.0685. The molecule has 0 aliphatic carbocycles. The van der Waals surface area contributed by atoms with Gasteiger partial charge in [-0.05, 0) is 37.8 Å². The highest BCUT2D eigenvalue weighted by Crippen LogP contribution is 2.32. The van der Waals surface area contributed by atoms with E-state index in [0.29, 0.717) is 30.7 Å². The number of anilines is 1. The van der Waals surface area contributed by atoms with Crippen molar-refractivity contribution in [1.29, 1.82) is 0 Å². The average Bonchev–Trinajstić information content (AvgIpc) is 3.46. The van der Waals surface area contributed by atoms with E-state index in [1.807, 2.05) is 23.1 Å². The van der Waals surface area contributed by atoms with E-state index in [1.165, 1.54) is 22.8 Å². The van der Waals surface area contributed by atoms with E-state index in [1.54, 1.807) is 0 Å². The fraction of sp³-hybridized carbons (Fsp3) is 0.520. The molecule has 38 heavy (non-hydrogen) atoms. The summed E-state index contributed by atoms with van der Waals surface area (Å²) in [4.78, 5) is 25.5. The Kier molecular flexibility index (Phi) is 9.20. The van der Waals surface area contributed by atoms with Gasteiger partial charge in [0, 0.05) is 19.1 Å². The molecule has 1 saturated heterocycles. The Hall–Kier alpha value is -3.20. The number of hydrogen-bond acceptors (Lipinski definition) is 11. The monoisotopic (exact) mass is 528 g/mol. The van der Waals surface area contributed by atoms with Gasteiger partial charge in [-0.25, -0.2) is 15.0 Å². The number of aliphatic hydroxyl groups is 2. The molecule has 6 atom stereocenters. The molecule has 1 aliphatic rings. The van der Waals surface area contributed by atoms with Gasteiger partial charge in [0.15, 0.2) is 17.7 Å². The molecule has 4 rings (SSSR count). The molecule has 13 heteroatoms. The van der Waals surface area contributed by atoms with Crippen molar-refractivity contribution in [2.75, 3.05) is 25.4 Å². The topological polar surface area (TPSA) is 212 Å². The standard InChI is InChI=1S/C25H36N8O5/c26-16(7-6-15-4-2-1-3-5-15)8-10-32(11-9-17(27)25(36)37)12-18-20(34)21(35)24(38-18)33-14-31-19-22(28)29-13-30-23(19)33/h1-5,13-14,16-18,20-21,24,34-35H,6-12,26-27H2,(H,36,37)(H2,28,29,30)/t16?,17-,18+,20+,21+,24+/m0/s1. The van der Waals surface area contributed by atoms with Gasteiger partial charge in [0.2, 0.25) is 0 Å². The number of nitrogens with zero attached hydrogens (tertiary/aromatic N) is 5. The van der Waals surface area contributed by atoms with Crippen molar-refractivity contribution in [2.24, 2.45) is 11.5 Å². The molecule has 0 spiro atoms. The molecule has 9 N–H and O–H groups in total. The van der Waals surface area contributed by atoms with Crippen LogP contribution >= 0.6 is 0 Å². The minimum Gasteiger partial charge on any atom is -0.480 e. The number of carboxylic acids is 1. The van der Waals surface area contributed by atoms with Gasteiger partial charge < -0.3 is 42.2 Å². The SMILES string of the molecule is Nc1ncnc2c1ncn2[C@@H]1O[C@H](CN(CCC(N)CCc2ccccc2)CC[C@H](N)C(=O)O)[C@@H](O)[C@H]1O. The lowest BCUT2D eigenvalue weighted by Gasteiger charge is -2.28. The molecule has 13 nitrogen and oxygen atoms in total. The number of ether oxygens (including phenoxy) is 1. The van der Waals surface area contributed by atoms with Gasteiger partial charge in [-0.2, -0.15) is 0 Å². The van der Waals surface area contributed by atoms with E-state index in [2.05, 4.69) is 27.1 Å². The fourth-order valence-electron chi connectivity index (χ4n) is 4.65. The van der Waals surface area contributed by atoms with Crippen molar-refractivity contribution < 1.29 is 24.9 Å². The van der Waals surface area contributed by atoms with Crippen LogP contribution in [-0.2, 0) is 16.0 Å². The smallest absolute Gasteiger partial charge is 0.320 e. The number of nitrogen functional groups attached to an aromatic ring is 1. The van der Waals surface area contributed by atoms with Crippen molar-refractivity contribution in [2.45, 2.75) is 62.3 Å². The van der Waals surface area contributed by atoms with Gasteiger partial charge in [-0.1, -0.05) is 30.3 Å². The van der Waals surface area contributed by atoms with Crippen molar-refractivity contribution in [3.8, 4) is 0 Å². The van der Waals surface area contributed by atoms with Crippen molar-refractivity contribution in [3.63, 3.8) is 0 Å². The minimum atomic E-state index is -1.25. The summed E-state index contributed by atoms with van der Waals surface area (Å²) in [6, 6.07) is 9.02. The molecule has 0 amide bonds. The van der Waals surface area contributed by atoms with Crippen molar-refractivity contribution in [3.05, 3.63) is 48.5 Å². The van der Waals surface area contributed by atoms with E-state index < -0.39 is 36.6 Å². The maximum atomic E-state index is 11.3. The normalized spacial score (nSPS) is 23.2. The largest absolute Gasteiger partial charge is 0.480 e. The number of aromatic nitrogens is 4. The number of carbonyl (C=O) groups is 1. The molecule has 1 aliphatic heterocycles. The number of carboxylic acid groups (broad SMARTS) is 1. The Morgan fingerprint density at radius 1 is 1.05 bits per heavy atom. The highest BCUT2D eigenvalue weighted by molar-refractivity contribution is 5.81. The van der Waals surface area contributed by atoms with Crippen molar-refractivity contribution >= 4 is 23.0 Å². The quantitative estimate of drug-likeness (QED) is 0.165. The van der Waals surface area contributed by atoms with Crippen LogP contribution < -0.4 is 17.2 Å². The molecule has 2 aromatic heterocycles. The number of aliphatic carboxylic acids is 1. The summed E-state index contributed by atoms with van der Waals surface area (Å²) in [5.41, 5.74) is 20.0. The van der Waals surface area contributed by atoms with E-state index in [9.17, 15) is 20.1 Å². The van der Waals surface area contributed by atoms with Crippen LogP contribution in [0.3, 0.4) is 0 Å². The molecule has 3 aromatic rings. The average molecular weight is 529 g/mol. The Labute approximate surface area is 220 Å². The molecule has 0 bridgehead atoms. The summed E-state index contributed by atoms with van der Waals surface area (Å²) in [6.45, 7) is 1.16. The molecular formula is C25H36N8O5. The van der Waals surface area contributed by atoms with Crippen LogP contribution in [0, 0.1) is 0 Å². The molecule has 3 heterocycles. The molecule has 206 valence electrons. The molecule has 1 unspecified atom stereocenters. The van der Waals surface area contributed by atoms with E-state index in [0.717, 1.165) is 12.8 Å². The second kappa shape index (κ2) is 12.6. The second-order valence-electron chi connectivity index (χ2n) is 9.74. The Morgan fingerprint density at radius 3 is 2.53 bits per heavy atom. The van der Waals surface area contributed by atoms with Crippen LogP contribution in [-0.4, -0.2) is 95.7 Å². The van der Waals surface area contributed by atoms with E-state index >= 15 is 0 Å². The van der Waals surface area contributed by atoms with Crippen LogP contribution in [0.2, 0.25) is 0 Å². The van der Waals surface area contributed by atoms with Gasteiger partial charge in [0.1, 0.15) is 36.2 Å². The summed E-state index contributed by atoms with van der Waals surface area (Å²) in [5.74, 6) is -0.881. The van der Waals surface area contributed by atoms with Crippen LogP contribution in [0.5, 0.6) is 0 Å². The molecule has 0 radical (unpaired) electrons. The molecule has 0 saturated carbocycles. The van der Waals surface area contributed by atoms with Crippen LogP contribution in [0.1, 0.15) is 31.1 Å². The first-order chi connectivity index (χ1) is 18.2. The summed E-state index contributed by atoms with van der Waals surface area (Å²) in [7, 11) is 0. The Balaban J connectivity index is 1.40. The van der Waals surface area contributed by atoms with Crippen molar-refractivity contribution in [1.82, 2.24) is 24.4 Å². The first-order valence-corrected chi connectivity index (χ1v) is 12.7. The number of aliphatic hydroxyl groups excluding tert-OH is 2. The van der Waals surface area contributed by atoms with Gasteiger partial charge in [0.25, 0.3) is 0 Å². The number of aryl methyl sites for hydroxylation is 1. The number of fused-ring (bicyclic) bond motifs is 1. The summed E-state index contributed by atoms with van der Waals surface area (Å²) < 4.78 is 7.60. The highest BCUT2D eigenvalue weighted by Gasteiger charge is 2.44. The fourth-order valence-corrected chi connectivity index (χ4v) is 4.65. The number of hydrogen-bond donors (Lipinski definition) is 6. The lowest BCUT2D eigenvalue weighted by atomic mass is 10.0. The first-order valence-electron chi connectivity index (χ1n) is 12.7. The molecular weight excluding hydrogens is 492 g/mol. The van der Waals surface area contributed by atoms with E-state index in [4.69, 9.17) is 21.9 Å². The zero-order chi connectivity index (χ0) is 27.2. The van der Waals surface area contributed by atoms with Gasteiger partial charge in [-0.15, -0.1) is 0 Å². The van der Waals surface area contributed by atoms with Gasteiger partial charge in [0.05, 0.1) is 6.33 Å². The third-order valence-electron chi connectivity index (χ3n) is 6.97. The van der Waals surface area contributed by atoms with Crippen LogP contribution in [0.15, 0.2) is 43.0 Å². The number of rotatable bonds is 13. The molecule has 1 fully saturated rings. The van der Waals surface area contributed by atoms with Gasteiger partial charge >= 0.3 is 5.97 Å². The highest BCUT2D eigenvalue weighted by atomic mass is 16.6. The maximum Gasteiger partial charge on any atom is 0.320 e. The predicted molar refractivity (Wildman–Crippen MR) is 140 cm³/mol. The number of nitrogens with two attached hydrogens (primary N) is 3. The summed E-state index contributed by atoms with van der Waals surface area (Å²) in [5, 5.41) is 30.8. The summed E-state index contributed by atoms with van der Waals surface area (Å²) in [6.07, 6.45) is 1.12. The third-order valence-corrected chi connectivity index (χ3v) is 6.97. The van der Waals surface area contributed by atoms with Crippen LogP contribution in [0.25, 0.3) is 11.2 Å². The van der Waals surface area contributed by atoms with Crippen LogP contribution in [0.4, 0.5) is 5.82 Å². The number of imidazole rings is 1. The van der Waals surface area contributed by atoms with Gasteiger partial charge in [-0.3, -0.25) is 9.36 Å². The first kappa shape index (κ1) is 27.8. The Bertz CT molecular complexity index is 1190. The zero-order valence-electron chi connectivity index (χ0n) is 21.1. The zero-order valence-corrected chi connectivity index (χ0v) is 21.1. The maximum absolute atomic E-state index is 11.3.